The molecule has 3 atom stereocenters. The summed E-state index contributed by atoms with van der Waals surface area (Å²) in [7, 11) is 0. The highest BCUT2D eigenvalue weighted by molar-refractivity contribution is 7.80. The molecule has 3 N–H and O–H groups in total. The van der Waals surface area contributed by atoms with Crippen LogP contribution < -0.4 is 25.8 Å². The summed E-state index contributed by atoms with van der Waals surface area (Å²) < 4.78 is 5.41. The number of carbonyl (C=O) groups is 2. The summed E-state index contributed by atoms with van der Waals surface area (Å²) >= 11 is 5.31. The SMILES string of the molecule is C[C@@H]1[C@H](C)CCC[C@H]1NC(=S)NNC(=O)CCN1C(=O)COc2ccccc21. The Balaban J connectivity index is 1.43. The molecular formula is C20H28N4O3S. The Hall–Kier alpha value is -2.35. The first-order valence-corrected chi connectivity index (χ1v) is 10.2. The molecule has 1 heterocycles. The first kappa shape index (κ1) is 20.4. The lowest BCUT2D eigenvalue weighted by Gasteiger charge is -2.35. The number of benzene rings is 1. The first-order valence-electron chi connectivity index (χ1n) is 9.83. The molecule has 8 heteroatoms. The first-order chi connectivity index (χ1) is 13.5. The number of thiocarbonyl (C=S) groups is 1. The van der Waals surface area contributed by atoms with E-state index in [-0.39, 0.29) is 31.4 Å². The van der Waals surface area contributed by atoms with Crippen molar-refractivity contribution >= 4 is 34.8 Å². The zero-order valence-corrected chi connectivity index (χ0v) is 17.2. The normalized spacial score (nSPS) is 24.0. The fourth-order valence-corrected chi connectivity index (χ4v) is 3.99. The number of nitrogens with zero attached hydrogens (tertiary/aromatic N) is 1. The maximum Gasteiger partial charge on any atom is 0.265 e. The van der Waals surface area contributed by atoms with Crippen molar-refractivity contribution in [3.63, 3.8) is 0 Å². The Bertz CT molecular complexity index is 742. The van der Waals surface area contributed by atoms with Gasteiger partial charge in [-0.25, -0.2) is 0 Å². The molecule has 0 bridgehead atoms. The van der Waals surface area contributed by atoms with E-state index in [1.807, 2.05) is 24.3 Å². The van der Waals surface area contributed by atoms with E-state index >= 15 is 0 Å². The average molecular weight is 405 g/mol. The Morgan fingerprint density at radius 3 is 2.86 bits per heavy atom. The van der Waals surface area contributed by atoms with Crippen molar-refractivity contribution < 1.29 is 14.3 Å². The van der Waals surface area contributed by atoms with Gasteiger partial charge in [0.2, 0.25) is 5.91 Å². The lowest BCUT2D eigenvalue weighted by molar-refractivity contribution is -0.122. The van der Waals surface area contributed by atoms with Crippen molar-refractivity contribution in [3.8, 4) is 5.75 Å². The van der Waals surface area contributed by atoms with Crippen molar-refractivity contribution in [2.45, 2.75) is 45.6 Å². The summed E-state index contributed by atoms with van der Waals surface area (Å²) in [6.07, 6.45) is 3.68. The van der Waals surface area contributed by atoms with Gasteiger partial charge in [-0.1, -0.05) is 38.8 Å². The molecule has 7 nitrogen and oxygen atoms in total. The molecule has 1 aliphatic carbocycles. The zero-order valence-electron chi connectivity index (χ0n) is 16.4. The van der Waals surface area contributed by atoms with Crippen LogP contribution in [0.4, 0.5) is 5.69 Å². The molecule has 1 aromatic carbocycles. The van der Waals surface area contributed by atoms with Gasteiger partial charge in [-0.2, -0.15) is 0 Å². The van der Waals surface area contributed by atoms with E-state index in [1.165, 1.54) is 12.8 Å². The number of nitrogens with one attached hydrogen (secondary N) is 3. The van der Waals surface area contributed by atoms with E-state index in [0.29, 0.717) is 34.4 Å². The van der Waals surface area contributed by atoms with Crippen LogP contribution in [0.3, 0.4) is 0 Å². The number of hydrogen-bond acceptors (Lipinski definition) is 4. The molecule has 0 aromatic heterocycles. The minimum atomic E-state index is -0.231. The van der Waals surface area contributed by atoms with Gasteiger partial charge in [0.25, 0.3) is 5.91 Å². The monoisotopic (exact) mass is 404 g/mol. The van der Waals surface area contributed by atoms with Crippen molar-refractivity contribution in [1.82, 2.24) is 16.2 Å². The van der Waals surface area contributed by atoms with Crippen molar-refractivity contribution in [2.24, 2.45) is 11.8 Å². The molecule has 1 aliphatic heterocycles. The van der Waals surface area contributed by atoms with Gasteiger partial charge in [0.1, 0.15) is 5.75 Å². The fraction of sp³-hybridized carbons (Fsp3) is 0.550. The van der Waals surface area contributed by atoms with Crippen LogP contribution in [0.2, 0.25) is 0 Å². The van der Waals surface area contributed by atoms with Gasteiger partial charge >= 0.3 is 0 Å². The van der Waals surface area contributed by atoms with E-state index in [0.717, 1.165) is 6.42 Å². The van der Waals surface area contributed by atoms with Crippen LogP contribution in [-0.2, 0) is 9.59 Å². The molecule has 152 valence electrons. The summed E-state index contributed by atoms with van der Waals surface area (Å²) in [4.78, 5) is 25.9. The Morgan fingerprint density at radius 2 is 2.04 bits per heavy atom. The maximum absolute atomic E-state index is 12.2. The number of carbonyl (C=O) groups excluding carboxylic acids is 2. The predicted molar refractivity (Wildman–Crippen MR) is 112 cm³/mol. The number of anilines is 1. The van der Waals surface area contributed by atoms with Gasteiger partial charge in [-0.3, -0.25) is 20.4 Å². The number of amides is 2. The van der Waals surface area contributed by atoms with Crippen LogP contribution in [0.1, 0.15) is 39.5 Å². The Kier molecular flexibility index (Phi) is 6.72. The largest absolute Gasteiger partial charge is 0.482 e. The number of hydrazine groups is 1. The molecule has 2 amide bonds. The third-order valence-corrected chi connectivity index (χ3v) is 5.93. The smallest absolute Gasteiger partial charge is 0.265 e. The van der Waals surface area contributed by atoms with E-state index in [9.17, 15) is 9.59 Å². The number of para-hydroxylation sites is 2. The highest BCUT2D eigenvalue weighted by Crippen LogP contribution is 2.31. The molecule has 2 aliphatic rings. The van der Waals surface area contributed by atoms with Gasteiger partial charge in [0.05, 0.1) is 5.69 Å². The third kappa shape index (κ3) is 4.92. The topological polar surface area (TPSA) is 82.7 Å². The summed E-state index contributed by atoms with van der Waals surface area (Å²) in [5.74, 6) is 1.47. The molecule has 3 rings (SSSR count). The molecule has 0 saturated heterocycles. The van der Waals surface area contributed by atoms with Crippen LogP contribution in [-0.4, -0.2) is 36.1 Å². The fourth-order valence-electron chi connectivity index (χ4n) is 3.79. The van der Waals surface area contributed by atoms with Crippen LogP contribution in [0, 0.1) is 11.8 Å². The third-order valence-electron chi connectivity index (χ3n) is 5.71. The lowest BCUT2D eigenvalue weighted by Crippen LogP contribution is -2.53. The number of hydrogen-bond donors (Lipinski definition) is 3. The van der Waals surface area contributed by atoms with Crippen LogP contribution in [0.15, 0.2) is 24.3 Å². The standard InChI is InChI=1S/C20H28N4O3S/c1-13-6-5-7-15(14(13)2)21-20(28)23-22-18(25)10-11-24-16-8-3-4-9-17(16)27-12-19(24)26/h3-4,8-9,13-15H,5-7,10-12H2,1-2H3,(H,22,25)(H2,21,23,28)/t13-,14-,15-/m1/s1. The average Bonchev–Trinajstić information content (AvgIpc) is 2.69. The van der Waals surface area contributed by atoms with Gasteiger partial charge in [-0.05, 0) is 42.6 Å². The summed E-state index contributed by atoms with van der Waals surface area (Å²) in [5.41, 5.74) is 6.08. The van der Waals surface area contributed by atoms with E-state index in [1.54, 1.807) is 4.90 Å². The molecule has 28 heavy (non-hydrogen) atoms. The van der Waals surface area contributed by atoms with Crippen molar-refractivity contribution in [3.05, 3.63) is 24.3 Å². The molecule has 1 aromatic rings. The van der Waals surface area contributed by atoms with Gasteiger partial charge in [0, 0.05) is 19.0 Å². The molecule has 1 saturated carbocycles. The van der Waals surface area contributed by atoms with Gasteiger partial charge < -0.3 is 15.0 Å². The number of ether oxygens (including phenoxy) is 1. The summed E-state index contributed by atoms with van der Waals surface area (Å²) in [6, 6.07) is 7.64. The Morgan fingerprint density at radius 1 is 1.25 bits per heavy atom. The summed E-state index contributed by atoms with van der Waals surface area (Å²) in [5, 5.41) is 3.73. The molecule has 0 unspecified atom stereocenters. The van der Waals surface area contributed by atoms with E-state index < -0.39 is 0 Å². The number of rotatable bonds is 4. The second-order valence-electron chi connectivity index (χ2n) is 7.57. The summed E-state index contributed by atoms with van der Waals surface area (Å²) in [6.45, 7) is 4.77. The Labute approximate surface area is 171 Å². The minimum Gasteiger partial charge on any atom is -0.482 e. The lowest BCUT2D eigenvalue weighted by atomic mass is 9.78. The van der Waals surface area contributed by atoms with E-state index in [4.69, 9.17) is 17.0 Å². The van der Waals surface area contributed by atoms with Crippen molar-refractivity contribution in [1.29, 1.82) is 0 Å². The van der Waals surface area contributed by atoms with Crippen LogP contribution in [0.25, 0.3) is 0 Å². The minimum absolute atomic E-state index is 0.0110. The zero-order chi connectivity index (χ0) is 20.1. The maximum atomic E-state index is 12.2. The second-order valence-corrected chi connectivity index (χ2v) is 7.98. The molecular weight excluding hydrogens is 376 g/mol. The van der Waals surface area contributed by atoms with Crippen LogP contribution >= 0.6 is 12.2 Å². The van der Waals surface area contributed by atoms with E-state index in [2.05, 4.69) is 30.0 Å². The predicted octanol–water partition coefficient (Wildman–Crippen LogP) is 2.12. The van der Waals surface area contributed by atoms with Crippen LogP contribution in [0.5, 0.6) is 5.75 Å². The number of fused-ring (bicyclic) bond motifs is 1. The molecule has 0 radical (unpaired) electrons. The van der Waals surface area contributed by atoms with Crippen molar-refractivity contribution in [2.75, 3.05) is 18.1 Å². The quantitative estimate of drug-likeness (QED) is 0.527. The second kappa shape index (κ2) is 9.23. The van der Waals surface area contributed by atoms with Gasteiger partial charge in [0.15, 0.2) is 11.7 Å². The van der Waals surface area contributed by atoms with Gasteiger partial charge in [-0.15, -0.1) is 0 Å². The highest BCUT2D eigenvalue weighted by Gasteiger charge is 2.28. The highest BCUT2D eigenvalue weighted by atomic mass is 32.1. The molecule has 0 spiro atoms. The molecule has 1 fully saturated rings.